The standard InChI is InChI=1S/C18H16FN9O/c19-5-12(6-20)9-28-18(29)27(11-25-28)16-8-21-15(7-22-16)13-2-1-3-14(4-13)17-23-10-24-26-17/h1-5,7-8,10-11H,6,9,20H2,(H,23,24,26)/b12-5+. The molecule has 11 heteroatoms. The van der Waals surface area contributed by atoms with Crippen molar-refractivity contribution < 1.29 is 4.39 Å². The maximum absolute atomic E-state index is 12.7. The molecule has 4 aromatic rings. The van der Waals surface area contributed by atoms with Gasteiger partial charge in [-0.1, -0.05) is 18.2 Å². The highest BCUT2D eigenvalue weighted by Gasteiger charge is 2.11. The third-order valence-electron chi connectivity index (χ3n) is 4.22. The summed E-state index contributed by atoms with van der Waals surface area (Å²) in [6, 6.07) is 7.55. The zero-order chi connectivity index (χ0) is 20.2. The molecule has 0 radical (unpaired) electrons. The Morgan fingerprint density at radius 1 is 1.21 bits per heavy atom. The normalized spacial score (nSPS) is 11.7. The molecular formula is C18H16FN9O. The van der Waals surface area contributed by atoms with Crippen molar-refractivity contribution in [2.45, 2.75) is 6.54 Å². The van der Waals surface area contributed by atoms with Crippen LogP contribution >= 0.6 is 0 Å². The zero-order valence-corrected chi connectivity index (χ0v) is 15.1. The maximum Gasteiger partial charge on any atom is 0.351 e. The number of nitrogens with two attached hydrogens (primary N) is 1. The van der Waals surface area contributed by atoms with Gasteiger partial charge in [0, 0.05) is 17.7 Å². The Labute approximate surface area is 163 Å². The first-order valence-corrected chi connectivity index (χ1v) is 8.61. The molecule has 10 nitrogen and oxygen atoms in total. The number of hydrogen-bond acceptors (Lipinski definition) is 7. The van der Waals surface area contributed by atoms with E-state index in [-0.39, 0.29) is 18.7 Å². The van der Waals surface area contributed by atoms with Crippen molar-refractivity contribution in [2.24, 2.45) is 5.73 Å². The first-order chi connectivity index (χ1) is 14.2. The average Bonchev–Trinajstić information content (AvgIpc) is 3.43. The summed E-state index contributed by atoms with van der Waals surface area (Å²) in [5.74, 6) is 0.878. The fraction of sp³-hybridized carbons (Fsp3) is 0.111. The molecule has 0 spiro atoms. The van der Waals surface area contributed by atoms with Crippen molar-refractivity contribution in [1.82, 2.24) is 39.5 Å². The van der Waals surface area contributed by atoms with Crippen molar-refractivity contribution in [3.05, 3.63) is 71.7 Å². The van der Waals surface area contributed by atoms with Crippen LogP contribution in [0.1, 0.15) is 0 Å². The SMILES string of the molecule is NC/C(=C\F)Cn1ncn(-c2cnc(-c3cccc(-c4nc[nH]n4)c3)cn2)c1=O. The number of hydrogen-bond donors (Lipinski definition) is 2. The van der Waals surface area contributed by atoms with Gasteiger partial charge in [-0.05, 0) is 11.6 Å². The fourth-order valence-corrected chi connectivity index (χ4v) is 2.70. The lowest BCUT2D eigenvalue weighted by molar-refractivity contribution is 0.612. The summed E-state index contributed by atoms with van der Waals surface area (Å²) in [4.78, 5) is 25.3. The van der Waals surface area contributed by atoms with Crippen LogP contribution < -0.4 is 11.4 Å². The van der Waals surface area contributed by atoms with Gasteiger partial charge in [-0.15, -0.1) is 0 Å². The number of nitrogens with zero attached hydrogens (tertiary/aromatic N) is 7. The lowest BCUT2D eigenvalue weighted by Gasteiger charge is -2.04. The molecule has 4 rings (SSSR count). The molecule has 1 aromatic carbocycles. The van der Waals surface area contributed by atoms with Crippen molar-refractivity contribution in [1.29, 1.82) is 0 Å². The Morgan fingerprint density at radius 2 is 2.07 bits per heavy atom. The summed E-state index contributed by atoms with van der Waals surface area (Å²) in [6.07, 6.45) is 6.23. The number of rotatable bonds is 6. The van der Waals surface area contributed by atoms with Crippen LogP contribution in [0.3, 0.4) is 0 Å². The lowest BCUT2D eigenvalue weighted by atomic mass is 10.1. The van der Waals surface area contributed by atoms with Crippen LogP contribution in [0.25, 0.3) is 28.5 Å². The minimum atomic E-state index is -0.466. The van der Waals surface area contributed by atoms with E-state index in [9.17, 15) is 9.18 Å². The number of H-pyrrole nitrogens is 1. The maximum atomic E-state index is 12.7. The molecule has 146 valence electrons. The highest BCUT2D eigenvalue weighted by molar-refractivity contribution is 5.67. The van der Waals surface area contributed by atoms with Crippen molar-refractivity contribution in [3.8, 4) is 28.5 Å². The number of aromatic nitrogens is 8. The van der Waals surface area contributed by atoms with Crippen LogP contribution in [-0.4, -0.2) is 46.0 Å². The molecule has 0 fully saturated rings. The second-order valence-corrected chi connectivity index (χ2v) is 6.08. The molecule has 0 bridgehead atoms. The van der Waals surface area contributed by atoms with Gasteiger partial charge in [-0.2, -0.15) is 10.2 Å². The van der Waals surface area contributed by atoms with Gasteiger partial charge in [0.15, 0.2) is 11.6 Å². The predicted molar refractivity (Wildman–Crippen MR) is 102 cm³/mol. The van der Waals surface area contributed by atoms with Gasteiger partial charge in [-0.3, -0.25) is 10.1 Å². The quantitative estimate of drug-likeness (QED) is 0.501. The van der Waals surface area contributed by atoms with Gasteiger partial charge in [0.1, 0.15) is 12.7 Å². The molecule has 3 heterocycles. The number of aromatic amines is 1. The Bertz CT molecular complexity index is 1190. The molecule has 0 saturated carbocycles. The number of nitrogens with one attached hydrogen (secondary N) is 1. The molecule has 0 amide bonds. The monoisotopic (exact) mass is 393 g/mol. The second kappa shape index (κ2) is 7.94. The van der Waals surface area contributed by atoms with Gasteiger partial charge >= 0.3 is 5.69 Å². The summed E-state index contributed by atoms with van der Waals surface area (Å²) in [7, 11) is 0. The molecule has 0 aliphatic rings. The molecule has 0 atom stereocenters. The molecule has 0 saturated heterocycles. The van der Waals surface area contributed by atoms with E-state index in [0.29, 0.717) is 23.7 Å². The third kappa shape index (κ3) is 3.71. The predicted octanol–water partition coefficient (Wildman–Crippen LogP) is 1.09. The third-order valence-corrected chi connectivity index (χ3v) is 4.22. The molecule has 0 aliphatic carbocycles. The van der Waals surface area contributed by atoms with Crippen LogP contribution in [-0.2, 0) is 6.54 Å². The van der Waals surface area contributed by atoms with Crippen LogP contribution in [0.4, 0.5) is 4.39 Å². The summed E-state index contributed by atoms with van der Waals surface area (Å²) in [5.41, 5.74) is 7.50. The topological polar surface area (TPSA) is 133 Å². The number of benzene rings is 1. The molecule has 3 N–H and O–H groups in total. The van der Waals surface area contributed by atoms with E-state index in [1.807, 2.05) is 24.3 Å². The summed E-state index contributed by atoms with van der Waals surface area (Å²) in [6.45, 7) is -0.0322. The van der Waals surface area contributed by atoms with E-state index in [4.69, 9.17) is 5.73 Å². The van der Waals surface area contributed by atoms with Crippen molar-refractivity contribution in [2.75, 3.05) is 6.54 Å². The van der Waals surface area contributed by atoms with E-state index in [0.717, 1.165) is 15.8 Å². The van der Waals surface area contributed by atoms with E-state index in [2.05, 4.69) is 30.2 Å². The Balaban J connectivity index is 1.60. The highest BCUT2D eigenvalue weighted by atomic mass is 19.1. The molecule has 29 heavy (non-hydrogen) atoms. The summed E-state index contributed by atoms with van der Waals surface area (Å²) in [5, 5.41) is 10.7. The molecule has 3 aromatic heterocycles. The fourth-order valence-electron chi connectivity index (χ4n) is 2.70. The lowest BCUT2D eigenvalue weighted by Crippen LogP contribution is -2.26. The van der Waals surface area contributed by atoms with Gasteiger partial charge < -0.3 is 5.73 Å². The van der Waals surface area contributed by atoms with Gasteiger partial charge in [-0.25, -0.2) is 28.4 Å². The first-order valence-electron chi connectivity index (χ1n) is 8.61. The van der Waals surface area contributed by atoms with E-state index in [1.54, 1.807) is 6.20 Å². The summed E-state index contributed by atoms with van der Waals surface area (Å²) < 4.78 is 15.0. The van der Waals surface area contributed by atoms with Crippen LogP contribution in [0.5, 0.6) is 0 Å². The molecule has 0 aliphatic heterocycles. The zero-order valence-electron chi connectivity index (χ0n) is 15.1. The van der Waals surface area contributed by atoms with E-state index in [1.165, 1.54) is 23.4 Å². The van der Waals surface area contributed by atoms with E-state index >= 15 is 0 Å². The van der Waals surface area contributed by atoms with Crippen LogP contribution in [0.15, 0.2) is 66.0 Å². The summed E-state index contributed by atoms with van der Waals surface area (Å²) >= 11 is 0. The van der Waals surface area contributed by atoms with Gasteiger partial charge in [0.05, 0.1) is 31.0 Å². The first kappa shape index (κ1) is 18.4. The molecule has 0 unspecified atom stereocenters. The van der Waals surface area contributed by atoms with Crippen LogP contribution in [0, 0.1) is 0 Å². The highest BCUT2D eigenvalue weighted by Crippen LogP contribution is 2.22. The Hall–Kier alpha value is -3.99. The smallest absolute Gasteiger partial charge is 0.327 e. The average molecular weight is 393 g/mol. The second-order valence-electron chi connectivity index (χ2n) is 6.08. The largest absolute Gasteiger partial charge is 0.351 e. The minimum absolute atomic E-state index is 0.00281. The van der Waals surface area contributed by atoms with Crippen molar-refractivity contribution >= 4 is 0 Å². The van der Waals surface area contributed by atoms with E-state index < -0.39 is 5.69 Å². The Kier molecular flexibility index (Phi) is 5.03. The Morgan fingerprint density at radius 3 is 2.76 bits per heavy atom. The van der Waals surface area contributed by atoms with Gasteiger partial charge in [0.25, 0.3) is 0 Å². The minimum Gasteiger partial charge on any atom is -0.327 e. The van der Waals surface area contributed by atoms with Crippen LogP contribution in [0.2, 0.25) is 0 Å². The van der Waals surface area contributed by atoms with Gasteiger partial charge in [0.2, 0.25) is 0 Å². The number of halogens is 1. The van der Waals surface area contributed by atoms with Crippen molar-refractivity contribution in [3.63, 3.8) is 0 Å². The molecular weight excluding hydrogens is 377 g/mol.